The molecule has 2 heteroatoms. The summed E-state index contributed by atoms with van der Waals surface area (Å²) in [4.78, 5) is 12.1. The van der Waals surface area contributed by atoms with E-state index in [0.29, 0.717) is 6.61 Å². The zero-order valence-corrected chi connectivity index (χ0v) is 16.9. The summed E-state index contributed by atoms with van der Waals surface area (Å²) in [6.45, 7) is 7.24. The summed E-state index contributed by atoms with van der Waals surface area (Å²) < 4.78 is 5.50. The van der Waals surface area contributed by atoms with Crippen molar-refractivity contribution in [1.29, 1.82) is 0 Å². The average Bonchev–Trinajstić information content (AvgIpc) is 2.59. The van der Waals surface area contributed by atoms with Crippen molar-refractivity contribution in [2.75, 3.05) is 6.61 Å². The summed E-state index contributed by atoms with van der Waals surface area (Å²) in [5, 5.41) is 0. The first-order valence-electron chi connectivity index (χ1n) is 10.9. The molecule has 0 amide bonds. The molecule has 0 spiro atoms. The first-order chi connectivity index (χ1) is 11.8. The largest absolute Gasteiger partial charge is 0.465 e. The van der Waals surface area contributed by atoms with Crippen LogP contribution in [0.5, 0.6) is 0 Å². The van der Waals surface area contributed by atoms with E-state index in [2.05, 4.69) is 20.8 Å². The number of rotatable bonds is 18. The van der Waals surface area contributed by atoms with Crippen LogP contribution >= 0.6 is 0 Å². The fraction of sp³-hybridized carbons (Fsp3) is 0.955. The van der Waals surface area contributed by atoms with E-state index in [1.807, 2.05) is 0 Å². The summed E-state index contributed by atoms with van der Waals surface area (Å²) in [5.41, 5.74) is 0. The Morgan fingerprint density at radius 1 is 0.667 bits per heavy atom. The Labute approximate surface area is 152 Å². The van der Waals surface area contributed by atoms with E-state index in [9.17, 15) is 4.79 Å². The minimum absolute atomic E-state index is 0.0500. The van der Waals surface area contributed by atoms with Crippen molar-refractivity contribution in [3.63, 3.8) is 0 Å². The third-order valence-corrected chi connectivity index (χ3v) is 4.97. The van der Waals surface area contributed by atoms with E-state index >= 15 is 0 Å². The Balaban J connectivity index is 3.51. The van der Waals surface area contributed by atoms with Gasteiger partial charge in [0.05, 0.1) is 12.5 Å². The maximum absolute atomic E-state index is 12.1. The second kappa shape index (κ2) is 18.8. The number of hydrogen-bond donors (Lipinski definition) is 0. The number of hydrogen-bond acceptors (Lipinski definition) is 2. The van der Waals surface area contributed by atoms with Crippen LogP contribution in [0.2, 0.25) is 0 Å². The summed E-state index contributed by atoms with van der Waals surface area (Å²) in [6.07, 6.45) is 20.0. The molecule has 0 aliphatic carbocycles. The Kier molecular flexibility index (Phi) is 18.4. The van der Waals surface area contributed by atoms with Gasteiger partial charge in [0, 0.05) is 0 Å². The molecule has 0 aliphatic rings. The summed E-state index contributed by atoms with van der Waals surface area (Å²) >= 11 is 0. The lowest BCUT2D eigenvalue weighted by atomic mass is 9.98. The van der Waals surface area contributed by atoms with E-state index in [1.54, 1.807) is 0 Å². The predicted molar refractivity (Wildman–Crippen MR) is 105 cm³/mol. The molecule has 0 bridgehead atoms. The monoisotopic (exact) mass is 340 g/mol. The molecule has 0 fully saturated rings. The van der Waals surface area contributed by atoms with Crippen LogP contribution in [0.15, 0.2) is 0 Å². The summed E-state index contributed by atoms with van der Waals surface area (Å²) in [6, 6.07) is 0. The van der Waals surface area contributed by atoms with Crippen LogP contribution in [0.25, 0.3) is 0 Å². The minimum Gasteiger partial charge on any atom is -0.465 e. The predicted octanol–water partition coefficient (Wildman–Crippen LogP) is 7.45. The average molecular weight is 341 g/mol. The lowest BCUT2D eigenvalue weighted by Gasteiger charge is -2.14. The Hall–Kier alpha value is -0.530. The Morgan fingerprint density at radius 2 is 1.12 bits per heavy atom. The quantitative estimate of drug-likeness (QED) is 0.191. The van der Waals surface area contributed by atoms with Crippen molar-refractivity contribution in [2.24, 2.45) is 5.92 Å². The lowest BCUT2D eigenvalue weighted by Crippen LogP contribution is -2.17. The van der Waals surface area contributed by atoms with E-state index in [1.165, 1.54) is 83.5 Å². The van der Waals surface area contributed by atoms with Crippen LogP contribution in [-0.2, 0) is 9.53 Å². The highest BCUT2D eigenvalue weighted by Gasteiger charge is 2.17. The van der Waals surface area contributed by atoms with Gasteiger partial charge >= 0.3 is 5.97 Å². The topological polar surface area (TPSA) is 26.3 Å². The smallest absolute Gasteiger partial charge is 0.308 e. The van der Waals surface area contributed by atoms with Crippen molar-refractivity contribution >= 4 is 5.97 Å². The molecule has 0 saturated heterocycles. The van der Waals surface area contributed by atoms with E-state index in [-0.39, 0.29) is 11.9 Å². The van der Waals surface area contributed by atoms with E-state index in [0.717, 1.165) is 19.3 Å². The standard InChI is InChI=1S/C22H44O2/c1-4-7-9-11-13-14-16-18-20-24-22(23)21(6-3)19-17-15-12-10-8-5-2/h21H,4-20H2,1-3H3. The molecular formula is C22H44O2. The van der Waals surface area contributed by atoms with Crippen LogP contribution in [0, 0.1) is 5.92 Å². The van der Waals surface area contributed by atoms with Crippen LogP contribution in [0.4, 0.5) is 0 Å². The summed E-state index contributed by atoms with van der Waals surface area (Å²) in [7, 11) is 0. The molecule has 0 radical (unpaired) electrons. The van der Waals surface area contributed by atoms with Gasteiger partial charge in [-0.25, -0.2) is 0 Å². The van der Waals surface area contributed by atoms with Crippen molar-refractivity contribution in [2.45, 2.75) is 124 Å². The molecular weight excluding hydrogens is 296 g/mol. The molecule has 0 N–H and O–H groups in total. The zero-order chi connectivity index (χ0) is 17.9. The number of esters is 1. The Morgan fingerprint density at radius 3 is 1.62 bits per heavy atom. The van der Waals surface area contributed by atoms with Crippen LogP contribution < -0.4 is 0 Å². The van der Waals surface area contributed by atoms with Crippen molar-refractivity contribution < 1.29 is 9.53 Å². The highest BCUT2D eigenvalue weighted by molar-refractivity contribution is 5.72. The molecule has 24 heavy (non-hydrogen) atoms. The van der Waals surface area contributed by atoms with Gasteiger partial charge in [0.15, 0.2) is 0 Å². The molecule has 0 saturated carbocycles. The van der Waals surface area contributed by atoms with Crippen molar-refractivity contribution in [1.82, 2.24) is 0 Å². The Bertz CT molecular complexity index is 263. The molecule has 144 valence electrons. The van der Waals surface area contributed by atoms with Gasteiger partial charge in [0.25, 0.3) is 0 Å². The normalized spacial score (nSPS) is 12.3. The molecule has 1 unspecified atom stereocenters. The maximum Gasteiger partial charge on any atom is 0.308 e. The van der Waals surface area contributed by atoms with Crippen LogP contribution in [-0.4, -0.2) is 12.6 Å². The SMILES string of the molecule is CCCCCCCCCCOC(=O)C(CC)CCCCCCCC. The number of ether oxygens (including phenoxy) is 1. The van der Waals surface area contributed by atoms with E-state index in [4.69, 9.17) is 4.74 Å². The first kappa shape index (κ1) is 23.5. The lowest BCUT2D eigenvalue weighted by molar-refractivity contribution is -0.149. The van der Waals surface area contributed by atoms with E-state index < -0.39 is 0 Å². The minimum atomic E-state index is 0.0500. The van der Waals surface area contributed by atoms with Gasteiger partial charge in [-0.3, -0.25) is 4.79 Å². The van der Waals surface area contributed by atoms with Gasteiger partial charge in [-0.05, 0) is 19.3 Å². The van der Waals surface area contributed by atoms with Crippen molar-refractivity contribution in [3.05, 3.63) is 0 Å². The third kappa shape index (κ3) is 15.0. The molecule has 0 rings (SSSR count). The molecule has 0 heterocycles. The van der Waals surface area contributed by atoms with Gasteiger partial charge < -0.3 is 4.74 Å². The van der Waals surface area contributed by atoms with Gasteiger partial charge in [0.1, 0.15) is 0 Å². The maximum atomic E-state index is 12.1. The highest BCUT2D eigenvalue weighted by atomic mass is 16.5. The van der Waals surface area contributed by atoms with Crippen LogP contribution in [0.3, 0.4) is 0 Å². The van der Waals surface area contributed by atoms with Crippen molar-refractivity contribution in [3.8, 4) is 0 Å². The fourth-order valence-electron chi connectivity index (χ4n) is 3.19. The second-order valence-electron chi connectivity index (χ2n) is 7.30. The molecule has 1 atom stereocenters. The van der Waals surface area contributed by atoms with Crippen LogP contribution in [0.1, 0.15) is 124 Å². The zero-order valence-electron chi connectivity index (χ0n) is 16.9. The number of carbonyl (C=O) groups is 1. The first-order valence-corrected chi connectivity index (χ1v) is 10.9. The van der Waals surface area contributed by atoms with Gasteiger partial charge in [-0.1, -0.05) is 104 Å². The second-order valence-corrected chi connectivity index (χ2v) is 7.30. The molecule has 0 aliphatic heterocycles. The number of unbranched alkanes of at least 4 members (excludes halogenated alkanes) is 12. The highest BCUT2D eigenvalue weighted by Crippen LogP contribution is 2.17. The van der Waals surface area contributed by atoms with Gasteiger partial charge in [-0.2, -0.15) is 0 Å². The molecule has 0 aromatic carbocycles. The molecule has 2 nitrogen and oxygen atoms in total. The van der Waals surface area contributed by atoms with Gasteiger partial charge in [0.2, 0.25) is 0 Å². The third-order valence-electron chi connectivity index (χ3n) is 4.97. The fourth-order valence-corrected chi connectivity index (χ4v) is 3.19. The molecule has 0 aromatic heterocycles. The summed E-state index contributed by atoms with van der Waals surface area (Å²) in [5.74, 6) is 0.180. The van der Waals surface area contributed by atoms with Gasteiger partial charge in [-0.15, -0.1) is 0 Å². The number of carbonyl (C=O) groups excluding carboxylic acids is 1. The molecule has 0 aromatic rings.